The van der Waals surface area contributed by atoms with E-state index in [0.717, 1.165) is 111 Å². The van der Waals surface area contributed by atoms with Gasteiger partial charge in [0.15, 0.2) is 0 Å². The van der Waals surface area contributed by atoms with E-state index in [2.05, 4.69) is 83.4 Å². The van der Waals surface area contributed by atoms with Crippen LogP contribution in [0.1, 0.15) is 99.1 Å². The predicted octanol–water partition coefficient (Wildman–Crippen LogP) is 13.6. The van der Waals surface area contributed by atoms with Crippen molar-refractivity contribution in [2.24, 2.45) is 0 Å². The number of likely N-dealkylation sites (tertiary alicyclic amines) is 2. The Morgan fingerprint density at radius 2 is 0.536 bits per heavy atom. The molecule has 16 heteroatoms. The first kappa shape index (κ1) is 83.2. The number of halogens is 1. The Kier molecular flexibility index (Phi) is 35.1. The third-order valence-electron chi connectivity index (χ3n) is 20.5. The van der Waals surface area contributed by atoms with E-state index in [-0.39, 0.29) is 110 Å². The largest absolute Gasteiger partial charge is 0.395 e. The van der Waals surface area contributed by atoms with Crippen molar-refractivity contribution in [3.05, 3.63) is 359 Å². The summed E-state index contributed by atoms with van der Waals surface area (Å²) in [5, 5.41) is 43.7. The summed E-state index contributed by atoms with van der Waals surface area (Å²) in [6.07, 6.45) is 8.16. The Morgan fingerprint density at radius 1 is 0.318 bits per heavy atom. The fraction of sp³-hybridized carbons (Fsp3) is 0.330. The minimum absolute atomic E-state index is 0.0144. The molecule has 2 amide bonds. The standard InChI is InChI=1S/2C27H29NO3.C14H11ClO.2C13H19NO2/c2*29-20-24-25(31-18-10-13-21-11-4-1-5-12-21)19-28(24)27(30)26(22-14-6-2-7-15-22)23-16-8-3-9-17-23;15-14(16)13(11-7-3-1-4-8-11)12-9-5-2-6-10-12;2*15-10-12-13(9-14-12)16-8-4-7-11-5-2-1-3-6-11/h2*1-9,11-12,14-17,24-26,29H,10,13,18-20H2;1-10,13H;2*1-3,5-6,12-15H,4,7-10H2/t2*24-,25-;;2*12-,13-/m10.10/s1. The predicted molar refractivity (Wildman–Crippen MR) is 436 cm³/mol. The number of hydrogen-bond acceptors (Lipinski definition) is 13. The molecule has 4 fully saturated rings. The molecule has 0 aromatic heterocycles. The first-order valence-corrected chi connectivity index (χ1v) is 39.1. The van der Waals surface area contributed by atoms with Crippen LogP contribution in [-0.4, -0.2) is 175 Å². The van der Waals surface area contributed by atoms with Crippen molar-refractivity contribution in [1.82, 2.24) is 20.4 Å². The first-order valence-electron chi connectivity index (χ1n) is 38.8. The summed E-state index contributed by atoms with van der Waals surface area (Å²) < 4.78 is 23.4. The van der Waals surface area contributed by atoms with Crippen molar-refractivity contribution >= 4 is 28.7 Å². The van der Waals surface area contributed by atoms with E-state index in [1.54, 1.807) is 9.80 Å². The molecule has 0 bridgehead atoms. The van der Waals surface area contributed by atoms with Gasteiger partial charge in [0.1, 0.15) is 0 Å². The molecule has 14 rings (SSSR count). The monoisotopic (exact) mass is 1500 g/mol. The van der Waals surface area contributed by atoms with Crippen LogP contribution >= 0.6 is 11.6 Å². The van der Waals surface area contributed by atoms with Crippen LogP contribution in [0.2, 0.25) is 0 Å². The van der Waals surface area contributed by atoms with E-state index in [4.69, 9.17) is 40.8 Å². The highest BCUT2D eigenvalue weighted by molar-refractivity contribution is 6.65. The summed E-state index contributed by atoms with van der Waals surface area (Å²) in [6.45, 7) is 5.74. The molecule has 0 aliphatic carbocycles. The zero-order chi connectivity index (χ0) is 76.8. The van der Waals surface area contributed by atoms with E-state index in [0.29, 0.717) is 26.3 Å². The van der Waals surface area contributed by atoms with Crippen LogP contribution in [-0.2, 0) is 59.0 Å². The number of aliphatic hydroxyl groups is 4. The van der Waals surface area contributed by atoms with Crippen molar-refractivity contribution < 1.29 is 53.8 Å². The second-order valence-electron chi connectivity index (χ2n) is 27.9. The molecule has 8 atom stereocenters. The molecule has 6 N–H and O–H groups in total. The van der Waals surface area contributed by atoms with Crippen LogP contribution < -0.4 is 10.6 Å². The number of nitrogens with one attached hydrogen (secondary N) is 2. The van der Waals surface area contributed by atoms with Gasteiger partial charge in [-0.1, -0.05) is 303 Å². The summed E-state index contributed by atoms with van der Waals surface area (Å²) in [6, 6.07) is 99.8. The molecule has 576 valence electrons. The van der Waals surface area contributed by atoms with E-state index < -0.39 is 0 Å². The molecule has 0 spiro atoms. The number of ether oxygens (including phenoxy) is 4. The summed E-state index contributed by atoms with van der Waals surface area (Å²) in [5.41, 5.74) is 11.0. The average Bonchev–Trinajstić information content (AvgIpc) is 0.775. The molecule has 15 nitrogen and oxygen atoms in total. The molecule has 4 aliphatic heterocycles. The summed E-state index contributed by atoms with van der Waals surface area (Å²) in [7, 11) is 0. The number of benzene rings is 10. The molecule has 0 radical (unpaired) electrons. The lowest BCUT2D eigenvalue weighted by Gasteiger charge is -2.48. The van der Waals surface area contributed by atoms with Crippen molar-refractivity contribution in [1.29, 1.82) is 0 Å². The molecule has 10 aromatic carbocycles. The van der Waals surface area contributed by atoms with Gasteiger partial charge < -0.3 is 59.8 Å². The fourth-order valence-electron chi connectivity index (χ4n) is 14.0. The van der Waals surface area contributed by atoms with Gasteiger partial charge in [0.05, 0.1) is 92.8 Å². The Morgan fingerprint density at radius 3 is 0.736 bits per heavy atom. The van der Waals surface area contributed by atoms with E-state index in [9.17, 15) is 24.6 Å². The third kappa shape index (κ3) is 25.4. The van der Waals surface area contributed by atoms with Crippen molar-refractivity contribution in [2.75, 3.05) is 79.0 Å². The SMILES string of the molecule is O=C(C(c1ccccc1)c1ccccc1)N1C[C@@H](OCCCc2ccccc2)[C@H]1CO.O=C(C(c1ccccc1)c1ccccc1)N1C[C@H](OCCCc2ccccc2)[C@@H]1CO.O=C(Cl)C(c1ccccc1)c1ccccc1.OC[C@@H]1NC[C@@H]1OCCCc1ccccc1.OC[C@H]1NC[C@H]1OCCCc1ccccc1. The topological polar surface area (TPSA) is 200 Å². The van der Waals surface area contributed by atoms with E-state index in [1.807, 2.05) is 231 Å². The smallest absolute Gasteiger partial charge is 0.235 e. The number of aliphatic hydroxyl groups excluding tert-OH is 4. The van der Waals surface area contributed by atoms with Gasteiger partial charge >= 0.3 is 0 Å². The average molecular weight is 1500 g/mol. The van der Waals surface area contributed by atoms with Gasteiger partial charge in [0.25, 0.3) is 0 Å². The zero-order valence-electron chi connectivity index (χ0n) is 62.8. The van der Waals surface area contributed by atoms with Gasteiger partial charge in [-0.2, -0.15) is 0 Å². The lowest BCUT2D eigenvalue weighted by molar-refractivity contribution is -0.163. The normalized spacial score (nSPS) is 18.7. The van der Waals surface area contributed by atoms with Crippen LogP contribution in [0, 0.1) is 0 Å². The van der Waals surface area contributed by atoms with Crippen LogP contribution in [0.15, 0.2) is 303 Å². The highest BCUT2D eigenvalue weighted by atomic mass is 35.5. The van der Waals surface area contributed by atoms with Crippen LogP contribution in [0.4, 0.5) is 0 Å². The third-order valence-corrected chi connectivity index (χ3v) is 20.7. The minimum Gasteiger partial charge on any atom is -0.395 e. The lowest BCUT2D eigenvalue weighted by Crippen LogP contribution is -2.65. The van der Waals surface area contributed by atoms with Gasteiger partial charge in [0.2, 0.25) is 17.1 Å². The van der Waals surface area contributed by atoms with Crippen LogP contribution in [0.25, 0.3) is 0 Å². The molecule has 110 heavy (non-hydrogen) atoms. The van der Waals surface area contributed by atoms with E-state index in [1.165, 1.54) is 22.3 Å². The van der Waals surface area contributed by atoms with Crippen LogP contribution in [0.5, 0.6) is 0 Å². The number of aryl methyl sites for hydroxylation is 4. The Bertz CT molecular complexity index is 3810. The van der Waals surface area contributed by atoms with Crippen molar-refractivity contribution in [3.8, 4) is 0 Å². The maximum Gasteiger partial charge on any atom is 0.235 e. The molecular weight excluding hydrogens is 1400 g/mol. The molecule has 10 aromatic rings. The van der Waals surface area contributed by atoms with Gasteiger partial charge in [-0.15, -0.1) is 0 Å². The summed E-state index contributed by atoms with van der Waals surface area (Å²) in [4.78, 5) is 42.1. The molecule has 0 saturated carbocycles. The number of carbonyl (C=O) groups is 3. The number of carbonyl (C=O) groups excluding carboxylic acids is 3. The van der Waals surface area contributed by atoms with Crippen molar-refractivity contribution in [2.45, 2.75) is 118 Å². The van der Waals surface area contributed by atoms with Gasteiger partial charge in [-0.25, -0.2) is 0 Å². The quantitative estimate of drug-likeness (QED) is 0.0168. The first-order chi connectivity index (χ1) is 54.1. The minimum atomic E-state index is -0.379. The number of hydrogen-bond donors (Lipinski definition) is 6. The molecule has 4 saturated heterocycles. The Labute approximate surface area is 654 Å². The Balaban J connectivity index is 0.000000152. The van der Waals surface area contributed by atoms with Gasteiger partial charge in [0, 0.05) is 52.6 Å². The van der Waals surface area contributed by atoms with E-state index >= 15 is 0 Å². The lowest BCUT2D eigenvalue weighted by atomic mass is 9.87. The summed E-state index contributed by atoms with van der Waals surface area (Å²) >= 11 is 5.67. The maximum atomic E-state index is 13.5. The molecule has 0 unspecified atom stereocenters. The molecular formula is C94H107ClN4O11. The molecule has 4 heterocycles. The Hall–Kier alpha value is -9.30. The van der Waals surface area contributed by atoms with Gasteiger partial charge in [-0.3, -0.25) is 14.4 Å². The highest BCUT2D eigenvalue weighted by Crippen LogP contribution is 2.35. The van der Waals surface area contributed by atoms with Crippen molar-refractivity contribution in [3.63, 3.8) is 0 Å². The number of rotatable bonds is 33. The second-order valence-corrected chi connectivity index (χ2v) is 28.3. The number of amides is 2. The highest BCUT2D eigenvalue weighted by Gasteiger charge is 2.46. The van der Waals surface area contributed by atoms with Gasteiger partial charge in [-0.05, 0) is 119 Å². The summed E-state index contributed by atoms with van der Waals surface area (Å²) in [5.74, 6) is -1.10. The molecule has 4 aliphatic rings. The maximum absolute atomic E-state index is 13.5. The fourth-order valence-corrected chi connectivity index (χ4v) is 14.3. The number of nitrogens with zero attached hydrogens (tertiary/aromatic N) is 2. The zero-order valence-corrected chi connectivity index (χ0v) is 63.5. The second kappa shape index (κ2) is 46.4. The van der Waals surface area contributed by atoms with Crippen LogP contribution in [0.3, 0.4) is 0 Å².